The highest BCUT2D eigenvalue weighted by molar-refractivity contribution is 7.89. The number of carbonyl (C=O) groups is 1. The third-order valence-corrected chi connectivity index (χ3v) is 6.85. The number of primary sulfonamides is 1. The lowest BCUT2D eigenvalue weighted by molar-refractivity contribution is -0.132. The number of rotatable bonds is 19. The van der Waals surface area contributed by atoms with Crippen molar-refractivity contribution < 1.29 is 13.2 Å². The van der Waals surface area contributed by atoms with Crippen molar-refractivity contribution >= 4 is 15.9 Å². The summed E-state index contributed by atoms with van der Waals surface area (Å²) in [5, 5.41) is 5.18. The molecule has 0 heterocycles. The average molecular weight is 483 g/mol. The van der Waals surface area contributed by atoms with Gasteiger partial charge in [-0.2, -0.15) is 0 Å². The molecule has 0 aliphatic carbocycles. The zero-order chi connectivity index (χ0) is 24.5. The van der Waals surface area contributed by atoms with Crippen LogP contribution in [0.3, 0.4) is 0 Å². The van der Waals surface area contributed by atoms with E-state index in [9.17, 15) is 13.2 Å². The first-order valence-electron chi connectivity index (χ1n) is 12.6. The Kier molecular flexibility index (Phi) is 15.2. The smallest absolute Gasteiger partial charge is 0.238 e. The van der Waals surface area contributed by atoms with Crippen molar-refractivity contribution in [1.29, 1.82) is 0 Å². The topological polar surface area (TPSA) is 110 Å². The Balaban J connectivity index is 2.71. The Morgan fingerprint density at radius 3 is 1.88 bits per heavy atom. The Hall–Kier alpha value is -1.48. The molecule has 7 nitrogen and oxygen atoms in total. The van der Waals surface area contributed by atoms with Gasteiger partial charge in [-0.3, -0.25) is 9.69 Å². The van der Waals surface area contributed by atoms with E-state index in [2.05, 4.69) is 18.7 Å². The van der Waals surface area contributed by atoms with Crippen molar-refractivity contribution in [2.24, 2.45) is 10.9 Å². The molecule has 190 valence electrons. The van der Waals surface area contributed by atoms with Crippen LogP contribution < -0.4 is 10.9 Å². The molecule has 0 unspecified atom stereocenters. The number of carbonyl (C=O) groups excluding carboxylic acids is 1. The molecule has 0 atom stereocenters. The van der Waals surface area contributed by atoms with E-state index >= 15 is 0 Å². The first kappa shape index (κ1) is 29.6. The van der Waals surface area contributed by atoms with Crippen molar-refractivity contribution in [3.05, 3.63) is 29.8 Å². The summed E-state index contributed by atoms with van der Waals surface area (Å²) < 4.78 is 22.9. The Labute approximate surface area is 201 Å². The van der Waals surface area contributed by atoms with Crippen LogP contribution in [-0.4, -0.2) is 63.4 Å². The minimum Gasteiger partial charge on any atom is -0.341 e. The van der Waals surface area contributed by atoms with Gasteiger partial charge in [-0.15, -0.1) is 0 Å². The van der Waals surface area contributed by atoms with Crippen molar-refractivity contribution in [2.75, 3.05) is 39.3 Å². The van der Waals surface area contributed by atoms with Crippen LogP contribution in [0.25, 0.3) is 0 Å². The quantitative estimate of drug-likeness (QED) is 0.293. The first-order valence-corrected chi connectivity index (χ1v) is 14.2. The lowest BCUT2D eigenvalue weighted by Gasteiger charge is -2.28. The molecule has 0 bridgehead atoms. The Morgan fingerprint density at radius 2 is 1.39 bits per heavy atom. The van der Waals surface area contributed by atoms with Gasteiger partial charge < -0.3 is 10.6 Å². The lowest BCUT2D eigenvalue weighted by atomic mass is 10.1. The van der Waals surface area contributed by atoms with Crippen LogP contribution in [0.15, 0.2) is 29.2 Å². The molecule has 0 aromatic heterocycles. The Morgan fingerprint density at radius 1 is 0.818 bits per heavy atom. The monoisotopic (exact) mass is 482 g/mol. The van der Waals surface area contributed by atoms with E-state index in [-0.39, 0.29) is 10.8 Å². The normalized spacial score (nSPS) is 11.8. The molecule has 8 heteroatoms. The molecular weight excluding hydrogens is 436 g/mol. The standard InChI is InChI=1S/C25H46N4O3S/c1-3-5-7-9-18-28(19-10-8-6-4-2)22-25(30)29(20-11-17-26)21-16-23-12-14-24(15-13-23)33(27,31)32/h12-15H,3-11,16-22,26H2,1-2H3,(H2,27,31,32). The third kappa shape index (κ3) is 13.1. The van der Waals surface area contributed by atoms with Gasteiger partial charge in [0.05, 0.1) is 11.4 Å². The average Bonchev–Trinajstić information content (AvgIpc) is 2.79. The summed E-state index contributed by atoms with van der Waals surface area (Å²) in [5.74, 6) is 0.149. The largest absolute Gasteiger partial charge is 0.341 e. The van der Waals surface area contributed by atoms with E-state index in [1.807, 2.05) is 4.90 Å². The molecule has 33 heavy (non-hydrogen) atoms. The maximum atomic E-state index is 13.2. The third-order valence-electron chi connectivity index (χ3n) is 5.92. The molecule has 4 N–H and O–H groups in total. The highest BCUT2D eigenvalue weighted by Gasteiger charge is 2.17. The van der Waals surface area contributed by atoms with Gasteiger partial charge in [0.15, 0.2) is 0 Å². The predicted molar refractivity (Wildman–Crippen MR) is 136 cm³/mol. The Bertz CT molecular complexity index is 741. The number of hydrogen-bond acceptors (Lipinski definition) is 5. The van der Waals surface area contributed by atoms with E-state index < -0.39 is 10.0 Å². The minimum absolute atomic E-state index is 0.101. The molecule has 0 aliphatic heterocycles. The van der Waals surface area contributed by atoms with Crippen LogP contribution in [0, 0.1) is 0 Å². The first-order chi connectivity index (χ1) is 15.8. The van der Waals surface area contributed by atoms with E-state index in [1.54, 1.807) is 12.1 Å². The zero-order valence-electron chi connectivity index (χ0n) is 20.8. The second-order valence-corrected chi connectivity index (χ2v) is 10.4. The molecule has 0 aliphatic rings. The van der Waals surface area contributed by atoms with E-state index in [0.717, 1.165) is 37.9 Å². The number of nitrogens with zero attached hydrogens (tertiary/aromatic N) is 2. The van der Waals surface area contributed by atoms with Gasteiger partial charge in [-0.05, 0) is 63.0 Å². The number of unbranched alkanes of at least 4 members (excludes halogenated alkanes) is 6. The fraction of sp³-hybridized carbons (Fsp3) is 0.720. The van der Waals surface area contributed by atoms with Crippen molar-refractivity contribution in [3.63, 3.8) is 0 Å². The molecular formula is C25H46N4O3S. The molecule has 0 saturated heterocycles. The number of amides is 1. The second-order valence-electron chi connectivity index (χ2n) is 8.86. The van der Waals surface area contributed by atoms with E-state index in [0.29, 0.717) is 32.6 Å². The summed E-state index contributed by atoms with van der Waals surface area (Å²) in [4.78, 5) is 17.5. The lowest BCUT2D eigenvalue weighted by Crippen LogP contribution is -2.42. The van der Waals surface area contributed by atoms with Crippen LogP contribution in [0.5, 0.6) is 0 Å². The maximum absolute atomic E-state index is 13.2. The van der Waals surface area contributed by atoms with Crippen molar-refractivity contribution in [1.82, 2.24) is 9.80 Å². The molecule has 0 saturated carbocycles. The van der Waals surface area contributed by atoms with Crippen molar-refractivity contribution in [2.45, 2.75) is 83.0 Å². The molecule has 1 amide bonds. The van der Waals surface area contributed by atoms with Gasteiger partial charge >= 0.3 is 0 Å². The van der Waals surface area contributed by atoms with E-state index in [1.165, 1.54) is 50.7 Å². The minimum atomic E-state index is -3.70. The summed E-state index contributed by atoms with van der Waals surface area (Å²) in [5.41, 5.74) is 6.69. The van der Waals surface area contributed by atoms with Gasteiger partial charge in [-0.25, -0.2) is 13.6 Å². The molecule has 0 radical (unpaired) electrons. The number of benzene rings is 1. The number of hydrogen-bond donors (Lipinski definition) is 2. The van der Waals surface area contributed by atoms with Crippen molar-refractivity contribution in [3.8, 4) is 0 Å². The van der Waals surface area contributed by atoms with Crippen LogP contribution >= 0.6 is 0 Å². The summed E-state index contributed by atoms with van der Waals surface area (Å²) in [6, 6.07) is 6.56. The van der Waals surface area contributed by atoms with Crippen LogP contribution in [0.4, 0.5) is 0 Å². The summed E-state index contributed by atoms with van der Waals surface area (Å²) >= 11 is 0. The second kappa shape index (κ2) is 17.0. The summed E-state index contributed by atoms with van der Waals surface area (Å²) in [7, 11) is -3.70. The summed E-state index contributed by atoms with van der Waals surface area (Å²) in [6.07, 6.45) is 11.0. The van der Waals surface area contributed by atoms with Gasteiger partial charge in [0.1, 0.15) is 0 Å². The number of sulfonamides is 1. The van der Waals surface area contributed by atoms with Crippen LogP contribution in [0.2, 0.25) is 0 Å². The predicted octanol–water partition coefficient (Wildman–Crippen LogP) is 3.52. The van der Waals surface area contributed by atoms with E-state index in [4.69, 9.17) is 10.9 Å². The molecule has 0 spiro atoms. The fourth-order valence-electron chi connectivity index (χ4n) is 3.84. The number of nitrogens with two attached hydrogens (primary N) is 2. The highest BCUT2D eigenvalue weighted by atomic mass is 32.2. The summed E-state index contributed by atoms with van der Waals surface area (Å²) in [6.45, 7) is 8.60. The molecule has 0 fully saturated rings. The van der Waals surface area contributed by atoms with Crippen LogP contribution in [-0.2, 0) is 21.2 Å². The van der Waals surface area contributed by atoms with Gasteiger partial charge in [0.25, 0.3) is 0 Å². The SMILES string of the molecule is CCCCCCN(CCCCCC)CC(=O)N(CCCN)CCc1ccc(S(N)(=O)=O)cc1. The highest BCUT2D eigenvalue weighted by Crippen LogP contribution is 2.11. The molecule has 1 rings (SSSR count). The van der Waals surface area contributed by atoms with Gasteiger partial charge in [0.2, 0.25) is 15.9 Å². The zero-order valence-corrected chi connectivity index (χ0v) is 21.6. The molecule has 1 aromatic carbocycles. The van der Waals surface area contributed by atoms with Crippen LogP contribution in [0.1, 0.15) is 77.2 Å². The van der Waals surface area contributed by atoms with Gasteiger partial charge in [-0.1, -0.05) is 64.5 Å². The van der Waals surface area contributed by atoms with Gasteiger partial charge in [0, 0.05) is 13.1 Å². The maximum Gasteiger partial charge on any atom is 0.238 e. The molecule has 1 aromatic rings. The fourth-order valence-corrected chi connectivity index (χ4v) is 4.35.